The van der Waals surface area contributed by atoms with Crippen molar-refractivity contribution in [3.8, 4) is 0 Å². The Morgan fingerprint density at radius 1 is 1.08 bits per heavy atom. The number of benzene rings is 1. The Balaban J connectivity index is 1.96. The van der Waals surface area contributed by atoms with E-state index in [0.717, 1.165) is 24.6 Å². The van der Waals surface area contributed by atoms with Gasteiger partial charge in [0.05, 0.1) is 11.1 Å². The molecule has 0 unspecified atom stereocenters. The van der Waals surface area contributed by atoms with Crippen LogP contribution < -0.4 is 5.32 Å². The summed E-state index contributed by atoms with van der Waals surface area (Å²) in [5.74, 6) is -1.38. The van der Waals surface area contributed by atoms with Crippen LogP contribution in [0, 0.1) is 0 Å². The van der Waals surface area contributed by atoms with Gasteiger partial charge in [-0.05, 0) is 18.6 Å². The molecule has 1 atom stereocenters. The third-order valence-corrected chi connectivity index (χ3v) is 4.33. The molecule has 2 rings (SSSR count). The second-order valence-corrected chi connectivity index (χ2v) is 6.30. The zero-order chi connectivity index (χ0) is 18.1. The number of carboxylic acid groups (broad SMARTS) is 1. The highest BCUT2D eigenvalue weighted by Crippen LogP contribution is 2.16. The Kier molecular flexibility index (Phi) is 7.38. The van der Waals surface area contributed by atoms with E-state index >= 15 is 0 Å². The number of carbonyl (C=O) groups is 2. The van der Waals surface area contributed by atoms with Gasteiger partial charge in [0.15, 0.2) is 0 Å². The first kappa shape index (κ1) is 18.9. The van der Waals surface area contributed by atoms with Gasteiger partial charge in [0.1, 0.15) is 6.04 Å². The summed E-state index contributed by atoms with van der Waals surface area (Å²) in [6.45, 7) is 2.16. The molecular formula is C20H26N2O3. The van der Waals surface area contributed by atoms with Crippen molar-refractivity contribution in [2.75, 3.05) is 0 Å². The fourth-order valence-corrected chi connectivity index (χ4v) is 2.91. The molecule has 0 aliphatic rings. The van der Waals surface area contributed by atoms with Gasteiger partial charge in [-0.1, -0.05) is 63.6 Å². The number of amides is 1. The summed E-state index contributed by atoms with van der Waals surface area (Å²) < 4.78 is 0. The lowest BCUT2D eigenvalue weighted by molar-refractivity contribution is -0.139. The number of nitrogens with one attached hydrogen (secondary N) is 1. The molecule has 0 spiro atoms. The lowest BCUT2D eigenvalue weighted by Crippen LogP contribution is -2.40. The summed E-state index contributed by atoms with van der Waals surface area (Å²) >= 11 is 0. The fraction of sp³-hybridized carbons (Fsp3) is 0.450. The number of hydrogen-bond acceptors (Lipinski definition) is 3. The third kappa shape index (κ3) is 5.55. The number of para-hydroxylation sites is 1. The van der Waals surface area contributed by atoms with Crippen LogP contribution in [0.15, 0.2) is 36.5 Å². The Bertz CT molecular complexity index is 710. The summed E-state index contributed by atoms with van der Waals surface area (Å²) in [7, 11) is 0. The van der Waals surface area contributed by atoms with Crippen molar-refractivity contribution in [2.45, 2.75) is 57.9 Å². The molecule has 0 saturated carbocycles. The monoisotopic (exact) mass is 342 g/mol. The Morgan fingerprint density at radius 2 is 1.80 bits per heavy atom. The normalized spacial score (nSPS) is 12.0. The molecule has 1 aromatic carbocycles. The lowest BCUT2D eigenvalue weighted by atomic mass is 10.0. The van der Waals surface area contributed by atoms with Crippen LogP contribution in [0.25, 0.3) is 10.9 Å². The maximum Gasteiger partial charge on any atom is 0.326 e. The van der Waals surface area contributed by atoms with Gasteiger partial charge in [-0.3, -0.25) is 9.78 Å². The van der Waals surface area contributed by atoms with E-state index in [9.17, 15) is 14.7 Å². The zero-order valence-electron chi connectivity index (χ0n) is 14.7. The smallest absolute Gasteiger partial charge is 0.326 e. The number of rotatable bonds is 10. The van der Waals surface area contributed by atoms with E-state index < -0.39 is 12.0 Å². The first-order valence-electron chi connectivity index (χ1n) is 9.01. The van der Waals surface area contributed by atoms with E-state index in [-0.39, 0.29) is 5.91 Å². The number of pyridine rings is 1. The zero-order valence-corrected chi connectivity index (χ0v) is 14.7. The summed E-state index contributed by atoms with van der Waals surface area (Å²) in [6.07, 6.45) is 8.57. The first-order chi connectivity index (χ1) is 12.1. The average Bonchev–Trinajstić information content (AvgIpc) is 2.62. The first-order valence-corrected chi connectivity index (χ1v) is 9.01. The van der Waals surface area contributed by atoms with Crippen LogP contribution in [0.1, 0.15) is 62.2 Å². The molecule has 0 aliphatic heterocycles. The number of aliphatic carboxylic acids is 1. The van der Waals surface area contributed by atoms with Crippen LogP contribution in [-0.4, -0.2) is 28.0 Å². The van der Waals surface area contributed by atoms with Crippen LogP contribution in [0.2, 0.25) is 0 Å². The minimum atomic E-state index is -0.991. The highest BCUT2D eigenvalue weighted by atomic mass is 16.4. The van der Waals surface area contributed by atoms with E-state index in [2.05, 4.69) is 17.2 Å². The van der Waals surface area contributed by atoms with E-state index in [1.54, 1.807) is 18.3 Å². The van der Waals surface area contributed by atoms with Crippen molar-refractivity contribution in [1.29, 1.82) is 0 Å². The van der Waals surface area contributed by atoms with Gasteiger partial charge in [0.2, 0.25) is 0 Å². The van der Waals surface area contributed by atoms with Crippen LogP contribution in [0.5, 0.6) is 0 Å². The molecule has 0 fully saturated rings. The summed E-state index contributed by atoms with van der Waals surface area (Å²) in [5, 5.41) is 12.9. The van der Waals surface area contributed by atoms with Gasteiger partial charge in [0, 0.05) is 11.6 Å². The summed E-state index contributed by atoms with van der Waals surface area (Å²) in [4.78, 5) is 28.2. The second-order valence-electron chi connectivity index (χ2n) is 6.30. The van der Waals surface area contributed by atoms with Crippen LogP contribution in [0.3, 0.4) is 0 Å². The van der Waals surface area contributed by atoms with Crippen molar-refractivity contribution in [3.05, 3.63) is 42.1 Å². The molecule has 1 amide bonds. The molecule has 1 heterocycles. The molecule has 5 heteroatoms. The van der Waals surface area contributed by atoms with E-state index in [1.807, 2.05) is 18.2 Å². The van der Waals surface area contributed by atoms with Gasteiger partial charge in [-0.25, -0.2) is 4.79 Å². The predicted octanol–water partition coefficient (Wildman–Crippen LogP) is 4.17. The van der Waals surface area contributed by atoms with Gasteiger partial charge in [0.25, 0.3) is 5.91 Å². The van der Waals surface area contributed by atoms with E-state index in [0.29, 0.717) is 17.5 Å². The molecular weight excluding hydrogens is 316 g/mol. The minimum Gasteiger partial charge on any atom is -0.480 e. The fourth-order valence-electron chi connectivity index (χ4n) is 2.91. The molecule has 2 aromatic rings. The van der Waals surface area contributed by atoms with Crippen molar-refractivity contribution >= 4 is 22.8 Å². The summed E-state index contributed by atoms with van der Waals surface area (Å²) in [5.41, 5.74) is 0.999. The van der Waals surface area contributed by atoms with Crippen LogP contribution in [-0.2, 0) is 4.79 Å². The van der Waals surface area contributed by atoms with E-state index in [1.165, 1.54) is 19.3 Å². The molecule has 2 N–H and O–H groups in total. The quantitative estimate of drug-likeness (QED) is 0.635. The maximum atomic E-state index is 12.5. The predicted molar refractivity (Wildman–Crippen MR) is 98.6 cm³/mol. The van der Waals surface area contributed by atoms with Crippen molar-refractivity contribution in [3.63, 3.8) is 0 Å². The molecule has 1 aromatic heterocycles. The number of aromatic nitrogens is 1. The van der Waals surface area contributed by atoms with Crippen molar-refractivity contribution in [1.82, 2.24) is 10.3 Å². The Morgan fingerprint density at radius 3 is 2.56 bits per heavy atom. The highest BCUT2D eigenvalue weighted by molar-refractivity contribution is 6.06. The number of carboxylic acids is 1. The van der Waals surface area contributed by atoms with Gasteiger partial charge >= 0.3 is 5.97 Å². The van der Waals surface area contributed by atoms with E-state index in [4.69, 9.17) is 0 Å². The maximum absolute atomic E-state index is 12.5. The van der Waals surface area contributed by atoms with Crippen molar-refractivity contribution in [2.24, 2.45) is 0 Å². The molecule has 0 bridgehead atoms. The number of fused-ring (bicyclic) bond motifs is 1. The molecule has 5 nitrogen and oxygen atoms in total. The molecule has 134 valence electrons. The lowest BCUT2D eigenvalue weighted by Gasteiger charge is -2.15. The molecule has 0 aliphatic carbocycles. The minimum absolute atomic E-state index is 0.386. The average molecular weight is 342 g/mol. The summed E-state index contributed by atoms with van der Waals surface area (Å²) in [6, 6.07) is 8.16. The Hall–Kier alpha value is -2.43. The van der Waals surface area contributed by atoms with Gasteiger partial charge < -0.3 is 10.4 Å². The highest BCUT2D eigenvalue weighted by Gasteiger charge is 2.21. The second kappa shape index (κ2) is 9.77. The number of hydrogen-bond donors (Lipinski definition) is 2. The number of unbranched alkanes of at least 4 members (excludes halogenated alkanes) is 5. The van der Waals surface area contributed by atoms with Crippen molar-refractivity contribution < 1.29 is 14.7 Å². The third-order valence-electron chi connectivity index (χ3n) is 4.33. The molecule has 0 radical (unpaired) electrons. The van der Waals surface area contributed by atoms with Gasteiger partial charge in [-0.2, -0.15) is 0 Å². The van der Waals surface area contributed by atoms with Gasteiger partial charge in [-0.15, -0.1) is 0 Å². The SMILES string of the molecule is CCCCCCCC[C@H](NC(=O)c1cccc2cccnc12)C(=O)O. The van der Waals surface area contributed by atoms with Crippen LogP contribution >= 0.6 is 0 Å². The molecule has 25 heavy (non-hydrogen) atoms. The molecule has 0 saturated heterocycles. The number of nitrogens with zero attached hydrogens (tertiary/aromatic N) is 1. The topological polar surface area (TPSA) is 79.3 Å². The standard InChI is InChI=1S/C20H26N2O3/c1-2-3-4-5-6-7-13-17(20(24)25)22-19(23)16-12-8-10-15-11-9-14-21-18(15)16/h8-12,14,17H,2-7,13H2,1H3,(H,22,23)(H,24,25)/t17-/m0/s1. The largest absolute Gasteiger partial charge is 0.480 e. The number of carbonyl (C=O) groups excluding carboxylic acids is 1. The Labute approximate surface area is 148 Å². The van der Waals surface area contributed by atoms with Crippen LogP contribution in [0.4, 0.5) is 0 Å².